The lowest BCUT2D eigenvalue weighted by Gasteiger charge is -2.28. The quantitative estimate of drug-likeness (QED) is 0.0803. The van der Waals surface area contributed by atoms with Crippen LogP contribution in [0, 0.1) is 11.8 Å². The third-order valence-corrected chi connectivity index (χ3v) is 15.8. The number of ketones is 1. The molecule has 0 radical (unpaired) electrons. The minimum atomic E-state index is 0.0742. The van der Waals surface area contributed by atoms with Crippen LogP contribution in [0.1, 0.15) is 33.4 Å². The first-order valence-corrected chi connectivity index (χ1v) is 29.9. The van der Waals surface area contributed by atoms with Crippen molar-refractivity contribution in [2.24, 2.45) is 0 Å². The number of Topliss-reactive ketones (excluding diaryl/α,β-unsaturated/α-hetero) is 1. The Hall–Kier alpha value is -12.2. The Kier molecular flexibility index (Phi) is 17.7. The molecule has 0 spiro atoms. The lowest BCUT2D eigenvalue weighted by molar-refractivity contribution is -0.108. The van der Waals surface area contributed by atoms with Gasteiger partial charge in [0.25, 0.3) is 0 Å². The van der Waals surface area contributed by atoms with E-state index >= 15 is 0 Å². The Morgan fingerprint density at radius 1 is 0.178 bits per heavy atom. The highest BCUT2D eigenvalue weighted by molar-refractivity contribution is 6.59. The summed E-state index contributed by atoms with van der Waals surface area (Å²) in [6, 6.07) is 115. The first kappa shape index (κ1) is 58.2. The molecule has 0 atom stereocenters. The number of anilines is 4. The molecular weight excluding hydrogens is 1090 g/mol. The highest BCUT2D eigenvalue weighted by Crippen LogP contribution is 2.56. The first-order valence-electron chi connectivity index (χ1n) is 29.9. The van der Waals surface area contributed by atoms with Crippen molar-refractivity contribution in [1.82, 2.24) is 0 Å². The topological polar surface area (TPSA) is 121 Å². The number of nitrogen functional groups attached to an aromatic ring is 4. The van der Waals surface area contributed by atoms with Crippen LogP contribution in [0.3, 0.4) is 0 Å². The number of carbonyl (C=O) groups excluding carboxylic acids is 1. The average molecular weight is 1160 g/mol. The molecule has 8 N–H and O–H groups in total. The Labute approximate surface area is 527 Å². The Morgan fingerprint density at radius 2 is 0.344 bits per heavy atom. The summed E-state index contributed by atoms with van der Waals surface area (Å²) in [4.78, 5) is 14.0. The molecule has 0 saturated heterocycles. The smallest absolute Gasteiger partial charge is 0.195 e. The summed E-state index contributed by atoms with van der Waals surface area (Å²) in [6.45, 7) is 0. The van der Waals surface area contributed by atoms with Crippen molar-refractivity contribution >= 4 is 50.8 Å². The molecule has 430 valence electrons. The zero-order chi connectivity index (χ0) is 61.6. The summed E-state index contributed by atoms with van der Waals surface area (Å²) < 4.78 is 0. The van der Waals surface area contributed by atoms with Gasteiger partial charge in [-0.3, -0.25) is 4.79 Å². The predicted molar refractivity (Wildman–Crippen MR) is 380 cm³/mol. The van der Waals surface area contributed by atoms with Crippen LogP contribution >= 0.6 is 0 Å². The molecule has 1 aliphatic rings. The van der Waals surface area contributed by atoms with Crippen LogP contribution in [-0.4, -0.2) is 5.78 Å². The van der Waals surface area contributed by atoms with Gasteiger partial charge in [0.2, 0.25) is 0 Å². The highest BCUT2D eigenvalue weighted by atomic mass is 16.1. The van der Waals surface area contributed by atoms with E-state index in [0.29, 0.717) is 0 Å². The molecule has 0 amide bonds. The molecule has 0 fully saturated rings. The Balaban J connectivity index is 0.000000146. The molecule has 0 bridgehead atoms. The van der Waals surface area contributed by atoms with Gasteiger partial charge in [0.15, 0.2) is 5.78 Å². The van der Waals surface area contributed by atoms with Gasteiger partial charge in [-0.2, -0.15) is 0 Å². The molecule has 5 heteroatoms. The lowest BCUT2D eigenvalue weighted by Crippen LogP contribution is -2.02. The maximum atomic E-state index is 14.0. The summed E-state index contributed by atoms with van der Waals surface area (Å²) in [7, 11) is 0. The first-order chi connectivity index (χ1) is 44.3. The van der Waals surface area contributed by atoms with Crippen LogP contribution in [-0.2, 0) is 4.79 Å². The molecule has 13 aromatic carbocycles. The Bertz CT molecular complexity index is 4400. The number of benzene rings is 13. The zero-order valence-electron chi connectivity index (χ0n) is 49.5. The van der Waals surface area contributed by atoms with Crippen LogP contribution in [0.25, 0.3) is 89.1 Å². The van der Waals surface area contributed by atoms with E-state index in [2.05, 4.69) is 182 Å². The van der Waals surface area contributed by atoms with Gasteiger partial charge in [0.05, 0.1) is 0 Å². The standard InChI is InChI=1S/C42H32N2.C29H20O.C14H12N2/c43-35-25-21-33(22-26-35)41-39(31-17-9-3-10-18-31)37(29-13-5-1-6-14-29)38(30-15-7-2-8-16-30)40(32-19-11-4-12-20-32)42(41)34-23-27-36(44)28-24-34;30-29-27(23-17-9-3-10-18-23)25(21-13-5-1-6-14-21)26(22-15-7-2-8-16-22)28(29)24-19-11-4-12-20-24;15-13-7-3-11(4-8-13)1-2-12-5-9-14(16)10-6-12/h1-28H,43-44H2;1-20H;3-10H,15-16H2. The van der Waals surface area contributed by atoms with E-state index in [0.717, 1.165) is 123 Å². The number of hydrogen-bond acceptors (Lipinski definition) is 5. The van der Waals surface area contributed by atoms with Crippen LogP contribution in [0.4, 0.5) is 22.7 Å². The van der Waals surface area contributed by atoms with E-state index in [1.54, 1.807) is 0 Å². The fraction of sp³-hybridized carbons (Fsp3) is 0. The molecule has 1 aliphatic carbocycles. The van der Waals surface area contributed by atoms with Crippen molar-refractivity contribution < 1.29 is 4.79 Å². The minimum absolute atomic E-state index is 0.0742. The van der Waals surface area contributed by atoms with E-state index in [4.69, 9.17) is 22.9 Å². The van der Waals surface area contributed by atoms with Gasteiger partial charge in [-0.1, -0.05) is 279 Å². The SMILES string of the molecule is Nc1ccc(-c2c(-c3ccccc3)c(-c3ccccc3)c(-c3ccccc3)c(-c3ccccc3)c2-c2ccc(N)cc2)cc1.Nc1ccc(C#Cc2ccc(N)cc2)cc1.O=C1C(c2ccccc2)=C(c2ccccc2)C(c2ccccc2)=C1c1ccccc1. The summed E-state index contributed by atoms with van der Waals surface area (Å²) >= 11 is 0. The van der Waals surface area contributed by atoms with E-state index in [1.807, 2.05) is 170 Å². The largest absolute Gasteiger partial charge is 0.399 e. The van der Waals surface area contributed by atoms with Crippen molar-refractivity contribution in [1.29, 1.82) is 0 Å². The van der Waals surface area contributed by atoms with Gasteiger partial charge >= 0.3 is 0 Å². The molecular formula is C85H64N4O. The third kappa shape index (κ3) is 13.0. The van der Waals surface area contributed by atoms with E-state index in [-0.39, 0.29) is 5.78 Å². The van der Waals surface area contributed by atoms with E-state index in [1.165, 1.54) is 22.3 Å². The van der Waals surface area contributed by atoms with Crippen molar-refractivity contribution in [3.8, 4) is 78.6 Å². The van der Waals surface area contributed by atoms with Crippen LogP contribution in [0.15, 0.2) is 340 Å². The predicted octanol–water partition coefficient (Wildman–Crippen LogP) is 19.9. The van der Waals surface area contributed by atoms with Gasteiger partial charge in [0.1, 0.15) is 0 Å². The number of allylic oxidation sites excluding steroid dienone is 4. The van der Waals surface area contributed by atoms with E-state index in [9.17, 15) is 4.79 Å². The molecule has 90 heavy (non-hydrogen) atoms. The minimum Gasteiger partial charge on any atom is -0.399 e. The van der Waals surface area contributed by atoms with Gasteiger partial charge < -0.3 is 22.9 Å². The van der Waals surface area contributed by atoms with Gasteiger partial charge in [0, 0.05) is 56.2 Å². The number of nitrogens with two attached hydrogens (primary N) is 4. The fourth-order valence-corrected chi connectivity index (χ4v) is 11.6. The monoisotopic (exact) mass is 1160 g/mol. The molecule has 0 aromatic heterocycles. The summed E-state index contributed by atoms with van der Waals surface area (Å²) in [5, 5.41) is 0. The normalized spacial score (nSPS) is 11.6. The van der Waals surface area contributed by atoms with Crippen LogP contribution in [0.2, 0.25) is 0 Å². The molecule has 5 nitrogen and oxygen atoms in total. The summed E-state index contributed by atoms with van der Waals surface area (Å²) in [5.41, 5.74) is 49.9. The van der Waals surface area contributed by atoms with Crippen LogP contribution in [0.5, 0.6) is 0 Å². The third-order valence-electron chi connectivity index (χ3n) is 15.8. The molecule has 0 saturated carbocycles. The highest BCUT2D eigenvalue weighted by Gasteiger charge is 2.35. The second kappa shape index (κ2) is 27.4. The van der Waals surface area contributed by atoms with Crippen molar-refractivity contribution in [3.05, 3.63) is 373 Å². The number of carbonyl (C=O) groups is 1. The second-order valence-corrected chi connectivity index (χ2v) is 21.7. The second-order valence-electron chi connectivity index (χ2n) is 21.7. The average Bonchev–Trinajstić information content (AvgIpc) is 0.837. The summed E-state index contributed by atoms with van der Waals surface area (Å²) in [5.74, 6) is 6.20. The molecule has 0 heterocycles. The van der Waals surface area contributed by atoms with Crippen molar-refractivity contribution in [2.75, 3.05) is 22.9 Å². The van der Waals surface area contributed by atoms with Crippen molar-refractivity contribution in [3.63, 3.8) is 0 Å². The molecule has 0 unspecified atom stereocenters. The molecule has 0 aliphatic heterocycles. The van der Waals surface area contributed by atoms with Gasteiger partial charge in [-0.15, -0.1) is 0 Å². The maximum absolute atomic E-state index is 14.0. The van der Waals surface area contributed by atoms with Gasteiger partial charge in [-0.25, -0.2) is 0 Å². The zero-order valence-corrected chi connectivity index (χ0v) is 49.5. The summed E-state index contributed by atoms with van der Waals surface area (Å²) in [6.07, 6.45) is 0. The van der Waals surface area contributed by atoms with Crippen molar-refractivity contribution in [2.45, 2.75) is 0 Å². The fourth-order valence-electron chi connectivity index (χ4n) is 11.6. The van der Waals surface area contributed by atoms with E-state index < -0.39 is 0 Å². The molecule has 13 aromatic rings. The maximum Gasteiger partial charge on any atom is 0.195 e. The number of hydrogen-bond donors (Lipinski definition) is 4. The van der Waals surface area contributed by atoms with Crippen LogP contribution < -0.4 is 22.9 Å². The van der Waals surface area contributed by atoms with Gasteiger partial charge in [-0.05, 0) is 162 Å². The lowest BCUT2D eigenvalue weighted by atomic mass is 9.74. The Morgan fingerprint density at radius 3 is 0.556 bits per heavy atom. The molecule has 14 rings (SSSR count). The number of rotatable bonds is 10.